The van der Waals surface area contributed by atoms with Crippen LogP contribution in [0.3, 0.4) is 0 Å². The van der Waals surface area contributed by atoms with Crippen LogP contribution in [0.25, 0.3) is 0 Å². The zero-order valence-electron chi connectivity index (χ0n) is 10.5. The van der Waals surface area contributed by atoms with E-state index in [0.29, 0.717) is 17.9 Å². The summed E-state index contributed by atoms with van der Waals surface area (Å²) < 4.78 is 0.0708. The third-order valence-electron chi connectivity index (χ3n) is 2.52. The number of rotatable bonds is 5. The molecule has 0 aliphatic carbocycles. The van der Waals surface area contributed by atoms with Crippen molar-refractivity contribution in [3.05, 3.63) is 27.9 Å². The highest BCUT2D eigenvalue weighted by Crippen LogP contribution is 2.23. The Balaban J connectivity index is 2.80. The van der Waals surface area contributed by atoms with Crippen molar-refractivity contribution < 1.29 is 4.92 Å². The third-order valence-corrected chi connectivity index (χ3v) is 3.77. The SMILES string of the molecule is CSC(C)(C)CNc1cc([N+](=O)[O-])c(C)cn1. The van der Waals surface area contributed by atoms with E-state index in [1.54, 1.807) is 18.7 Å². The molecule has 0 aliphatic rings. The molecule has 0 amide bonds. The quantitative estimate of drug-likeness (QED) is 0.647. The van der Waals surface area contributed by atoms with Crippen LogP contribution in [0.2, 0.25) is 0 Å². The molecule has 1 aromatic rings. The Hall–Kier alpha value is -1.30. The Kier molecular flexibility index (Phi) is 4.34. The predicted molar refractivity (Wildman–Crippen MR) is 71.7 cm³/mol. The molecule has 6 heteroatoms. The van der Waals surface area contributed by atoms with Crippen molar-refractivity contribution in [3.8, 4) is 0 Å². The fraction of sp³-hybridized carbons (Fsp3) is 0.545. The Labute approximate surface area is 105 Å². The molecule has 0 spiro atoms. The average Bonchev–Trinajstić information content (AvgIpc) is 2.27. The normalized spacial score (nSPS) is 11.3. The highest BCUT2D eigenvalue weighted by Gasteiger charge is 2.17. The second-order valence-corrected chi connectivity index (χ2v) is 5.94. The van der Waals surface area contributed by atoms with Gasteiger partial charge in [0.05, 0.1) is 11.0 Å². The van der Waals surface area contributed by atoms with Gasteiger partial charge in [-0.05, 0) is 27.0 Å². The van der Waals surface area contributed by atoms with E-state index in [1.807, 2.05) is 6.26 Å². The van der Waals surface area contributed by atoms with Gasteiger partial charge >= 0.3 is 0 Å². The molecule has 0 fully saturated rings. The molecule has 1 aromatic heterocycles. The lowest BCUT2D eigenvalue weighted by Crippen LogP contribution is -2.26. The summed E-state index contributed by atoms with van der Waals surface area (Å²) in [4.78, 5) is 14.5. The van der Waals surface area contributed by atoms with Gasteiger partial charge in [0.15, 0.2) is 0 Å². The average molecular weight is 255 g/mol. The monoisotopic (exact) mass is 255 g/mol. The summed E-state index contributed by atoms with van der Waals surface area (Å²) in [6.45, 7) is 6.60. The van der Waals surface area contributed by atoms with Gasteiger partial charge in [0, 0.05) is 23.1 Å². The zero-order chi connectivity index (χ0) is 13.1. The Morgan fingerprint density at radius 3 is 2.76 bits per heavy atom. The molecule has 94 valence electrons. The number of aromatic nitrogens is 1. The van der Waals surface area contributed by atoms with E-state index in [-0.39, 0.29) is 15.4 Å². The Morgan fingerprint density at radius 2 is 2.24 bits per heavy atom. The molecule has 5 nitrogen and oxygen atoms in total. The maximum Gasteiger partial charge on any atom is 0.277 e. The van der Waals surface area contributed by atoms with E-state index in [9.17, 15) is 10.1 Å². The number of thioether (sulfide) groups is 1. The van der Waals surface area contributed by atoms with Gasteiger partial charge in [-0.2, -0.15) is 11.8 Å². The molecular formula is C11H17N3O2S. The van der Waals surface area contributed by atoms with E-state index in [1.165, 1.54) is 12.3 Å². The summed E-state index contributed by atoms with van der Waals surface area (Å²) in [5, 5.41) is 13.9. The van der Waals surface area contributed by atoms with Crippen LogP contribution in [-0.4, -0.2) is 27.5 Å². The van der Waals surface area contributed by atoms with Gasteiger partial charge in [0.1, 0.15) is 5.82 Å². The first kappa shape index (κ1) is 13.8. The molecular weight excluding hydrogens is 238 g/mol. The van der Waals surface area contributed by atoms with Crippen LogP contribution >= 0.6 is 11.8 Å². The molecule has 0 atom stereocenters. The second-order valence-electron chi connectivity index (χ2n) is 4.43. The van der Waals surface area contributed by atoms with Crippen molar-refractivity contribution in [1.29, 1.82) is 0 Å². The molecule has 0 bridgehead atoms. The van der Waals surface area contributed by atoms with Crippen molar-refractivity contribution in [3.63, 3.8) is 0 Å². The Morgan fingerprint density at radius 1 is 1.59 bits per heavy atom. The van der Waals surface area contributed by atoms with Gasteiger partial charge in [0.25, 0.3) is 5.69 Å². The smallest absolute Gasteiger partial charge is 0.277 e. The largest absolute Gasteiger partial charge is 0.368 e. The summed E-state index contributed by atoms with van der Waals surface area (Å²) in [5.41, 5.74) is 0.675. The maximum atomic E-state index is 10.8. The van der Waals surface area contributed by atoms with E-state index < -0.39 is 0 Å². The molecule has 1 N–H and O–H groups in total. The summed E-state index contributed by atoms with van der Waals surface area (Å²) in [5.74, 6) is 0.546. The molecule has 0 saturated heterocycles. The molecule has 0 aliphatic heterocycles. The minimum absolute atomic E-state index is 0.0708. The van der Waals surface area contributed by atoms with Gasteiger partial charge in [0.2, 0.25) is 0 Å². The summed E-state index contributed by atoms with van der Waals surface area (Å²) in [7, 11) is 0. The molecule has 0 aromatic carbocycles. The predicted octanol–water partition coefficient (Wildman–Crippen LogP) is 2.85. The van der Waals surface area contributed by atoms with Crippen molar-refractivity contribution in [2.75, 3.05) is 18.1 Å². The van der Waals surface area contributed by atoms with Gasteiger partial charge in [-0.1, -0.05) is 0 Å². The number of nitro groups is 1. The third kappa shape index (κ3) is 3.89. The lowest BCUT2D eigenvalue weighted by molar-refractivity contribution is -0.385. The topological polar surface area (TPSA) is 68.1 Å². The zero-order valence-corrected chi connectivity index (χ0v) is 11.3. The van der Waals surface area contributed by atoms with Crippen molar-refractivity contribution in [1.82, 2.24) is 4.98 Å². The number of anilines is 1. The van der Waals surface area contributed by atoms with Gasteiger partial charge in [-0.15, -0.1) is 0 Å². The van der Waals surface area contributed by atoms with Crippen LogP contribution in [0.4, 0.5) is 11.5 Å². The van der Waals surface area contributed by atoms with E-state index in [2.05, 4.69) is 24.1 Å². The summed E-state index contributed by atoms with van der Waals surface area (Å²) >= 11 is 1.74. The van der Waals surface area contributed by atoms with Gasteiger partial charge in [-0.3, -0.25) is 10.1 Å². The van der Waals surface area contributed by atoms with Crippen LogP contribution in [-0.2, 0) is 0 Å². The summed E-state index contributed by atoms with van der Waals surface area (Å²) in [6, 6.07) is 1.48. The lowest BCUT2D eigenvalue weighted by Gasteiger charge is -2.22. The first-order valence-electron chi connectivity index (χ1n) is 5.26. The number of pyridine rings is 1. The molecule has 1 rings (SSSR count). The number of nitrogens with one attached hydrogen (secondary N) is 1. The molecule has 0 saturated carbocycles. The fourth-order valence-electron chi connectivity index (χ4n) is 1.18. The van der Waals surface area contributed by atoms with Gasteiger partial charge < -0.3 is 5.32 Å². The van der Waals surface area contributed by atoms with Crippen LogP contribution < -0.4 is 5.32 Å². The summed E-state index contributed by atoms with van der Waals surface area (Å²) in [6.07, 6.45) is 3.55. The number of hydrogen-bond acceptors (Lipinski definition) is 5. The van der Waals surface area contributed by atoms with E-state index in [0.717, 1.165) is 0 Å². The lowest BCUT2D eigenvalue weighted by atomic mass is 10.2. The van der Waals surface area contributed by atoms with Crippen LogP contribution in [0.1, 0.15) is 19.4 Å². The van der Waals surface area contributed by atoms with Crippen LogP contribution in [0.5, 0.6) is 0 Å². The first-order valence-corrected chi connectivity index (χ1v) is 6.48. The molecule has 1 heterocycles. The highest BCUT2D eigenvalue weighted by molar-refractivity contribution is 7.99. The number of nitrogens with zero attached hydrogens (tertiary/aromatic N) is 2. The molecule has 0 unspecified atom stereocenters. The number of hydrogen-bond donors (Lipinski definition) is 1. The van der Waals surface area contributed by atoms with E-state index in [4.69, 9.17) is 0 Å². The van der Waals surface area contributed by atoms with Crippen molar-refractivity contribution in [2.45, 2.75) is 25.5 Å². The molecule has 0 radical (unpaired) electrons. The fourth-order valence-corrected chi connectivity index (χ4v) is 1.40. The van der Waals surface area contributed by atoms with Gasteiger partial charge in [-0.25, -0.2) is 4.98 Å². The second kappa shape index (κ2) is 5.35. The van der Waals surface area contributed by atoms with Crippen LogP contribution in [0, 0.1) is 17.0 Å². The molecule has 17 heavy (non-hydrogen) atoms. The van der Waals surface area contributed by atoms with Crippen LogP contribution in [0.15, 0.2) is 12.3 Å². The Bertz CT molecular complexity index is 421. The van der Waals surface area contributed by atoms with Crippen molar-refractivity contribution >= 4 is 23.3 Å². The number of aryl methyl sites for hydroxylation is 1. The standard InChI is InChI=1S/C11H17N3O2S/c1-8-6-12-10(5-9(8)14(15)16)13-7-11(2,3)17-4/h5-6H,7H2,1-4H3,(H,12,13). The minimum Gasteiger partial charge on any atom is -0.368 e. The highest BCUT2D eigenvalue weighted by atomic mass is 32.2. The van der Waals surface area contributed by atoms with Crippen molar-refractivity contribution in [2.24, 2.45) is 0 Å². The first-order chi connectivity index (χ1) is 7.85. The maximum absolute atomic E-state index is 10.8. The van der Waals surface area contributed by atoms with E-state index >= 15 is 0 Å². The minimum atomic E-state index is -0.387.